The van der Waals surface area contributed by atoms with Crippen molar-refractivity contribution >= 4 is 27.5 Å². The van der Waals surface area contributed by atoms with Gasteiger partial charge in [0, 0.05) is 24.3 Å². The Morgan fingerprint density at radius 2 is 1.71 bits per heavy atom. The maximum Gasteiger partial charge on any atom is 0.208 e. The third-order valence-electron chi connectivity index (χ3n) is 2.12. The Morgan fingerprint density at radius 3 is 2.07 bits per heavy atom. The fourth-order valence-electron chi connectivity index (χ4n) is 1.21. The van der Waals surface area contributed by atoms with Crippen molar-refractivity contribution in [1.82, 2.24) is 0 Å². The van der Waals surface area contributed by atoms with Crippen molar-refractivity contribution < 1.29 is 9.47 Å². The summed E-state index contributed by atoms with van der Waals surface area (Å²) in [6.45, 7) is 0. The normalized spacial score (nSPS) is 11.7. The van der Waals surface area contributed by atoms with Crippen LogP contribution in [0.15, 0.2) is 28.7 Å². The Labute approximate surface area is 97.3 Å². The summed E-state index contributed by atoms with van der Waals surface area (Å²) in [7, 11) is 3.15. The number of hydrogen-bond acceptors (Lipinski definition) is 2. The van der Waals surface area contributed by atoms with Gasteiger partial charge in [-0.05, 0) is 12.1 Å². The van der Waals surface area contributed by atoms with Gasteiger partial charge in [0.25, 0.3) is 0 Å². The zero-order valence-electron chi connectivity index (χ0n) is 8.09. The smallest absolute Gasteiger partial charge is 0.208 e. The third kappa shape index (κ3) is 2.28. The minimum Gasteiger partial charge on any atom is -0.348 e. The second-order valence-electron chi connectivity index (χ2n) is 2.80. The SMILES string of the molecule is COC(CCl)(OC)c1ccc(Br)cc1. The predicted molar refractivity (Wildman–Crippen MR) is 60.6 cm³/mol. The standard InChI is InChI=1S/C10H12BrClO2/c1-13-10(7-12,14-2)8-3-5-9(11)6-4-8/h3-6H,7H2,1-2H3. The van der Waals surface area contributed by atoms with Crippen LogP contribution in [0.25, 0.3) is 0 Å². The molecular weight excluding hydrogens is 267 g/mol. The minimum atomic E-state index is -0.845. The summed E-state index contributed by atoms with van der Waals surface area (Å²) in [5, 5.41) is 0. The number of ether oxygens (including phenoxy) is 2. The molecule has 0 bridgehead atoms. The zero-order chi connectivity index (χ0) is 10.6. The van der Waals surface area contributed by atoms with Gasteiger partial charge in [-0.25, -0.2) is 0 Å². The Balaban J connectivity index is 3.05. The molecule has 0 radical (unpaired) electrons. The van der Waals surface area contributed by atoms with Gasteiger partial charge in [-0.15, -0.1) is 11.6 Å². The largest absolute Gasteiger partial charge is 0.348 e. The summed E-state index contributed by atoms with van der Waals surface area (Å²) < 4.78 is 11.6. The van der Waals surface area contributed by atoms with Gasteiger partial charge in [0.2, 0.25) is 5.79 Å². The molecule has 2 nitrogen and oxygen atoms in total. The minimum absolute atomic E-state index is 0.252. The van der Waals surface area contributed by atoms with Gasteiger partial charge in [0.05, 0.1) is 5.88 Å². The summed E-state index contributed by atoms with van der Waals surface area (Å²) in [5.74, 6) is -0.593. The van der Waals surface area contributed by atoms with Crippen LogP contribution >= 0.6 is 27.5 Å². The van der Waals surface area contributed by atoms with E-state index >= 15 is 0 Å². The van der Waals surface area contributed by atoms with Crippen molar-refractivity contribution in [3.63, 3.8) is 0 Å². The average molecular weight is 280 g/mol. The quantitative estimate of drug-likeness (QED) is 0.623. The lowest BCUT2D eigenvalue weighted by Crippen LogP contribution is -2.32. The molecule has 0 aliphatic carbocycles. The van der Waals surface area contributed by atoms with Gasteiger partial charge >= 0.3 is 0 Å². The van der Waals surface area contributed by atoms with Gasteiger partial charge in [-0.2, -0.15) is 0 Å². The molecule has 78 valence electrons. The molecule has 0 aliphatic heterocycles. The number of benzene rings is 1. The van der Waals surface area contributed by atoms with Crippen LogP contribution in [-0.2, 0) is 15.3 Å². The maximum atomic E-state index is 5.84. The van der Waals surface area contributed by atoms with Gasteiger partial charge in [0.15, 0.2) is 0 Å². The number of methoxy groups -OCH3 is 2. The van der Waals surface area contributed by atoms with Crippen LogP contribution in [0.2, 0.25) is 0 Å². The molecular formula is C10H12BrClO2. The van der Waals surface area contributed by atoms with E-state index in [1.165, 1.54) is 0 Å². The first-order valence-corrected chi connectivity index (χ1v) is 5.43. The van der Waals surface area contributed by atoms with E-state index in [-0.39, 0.29) is 5.88 Å². The highest BCUT2D eigenvalue weighted by Gasteiger charge is 2.30. The van der Waals surface area contributed by atoms with E-state index in [2.05, 4.69) is 15.9 Å². The topological polar surface area (TPSA) is 18.5 Å². The van der Waals surface area contributed by atoms with Gasteiger partial charge in [-0.1, -0.05) is 28.1 Å². The van der Waals surface area contributed by atoms with E-state index < -0.39 is 5.79 Å². The molecule has 0 amide bonds. The van der Waals surface area contributed by atoms with E-state index in [4.69, 9.17) is 21.1 Å². The van der Waals surface area contributed by atoms with Crippen LogP contribution in [0.4, 0.5) is 0 Å². The fourth-order valence-corrected chi connectivity index (χ4v) is 1.85. The number of halogens is 2. The first-order chi connectivity index (χ1) is 6.68. The Kier molecular flexibility index (Phi) is 4.38. The molecule has 0 aliphatic rings. The first kappa shape index (κ1) is 12.0. The predicted octanol–water partition coefficient (Wildman–Crippen LogP) is 3.13. The van der Waals surface area contributed by atoms with Crippen molar-refractivity contribution in [2.45, 2.75) is 5.79 Å². The van der Waals surface area contributed by atoms with Crippen LogP contribution in [0.5, 0.6) is 0 Å². The van der Waals surface area contributed by atoms with Crippen molar-refractivity contribution in [1.29, 1.82) is 0 Å². The van der Waals surface area contributed by atoms with Crippen molar-refractivity contribution in [2.75, 3.05) is 20.1 Å². The molecule has 0 saturated heterocycles. The van der Waals surface area contributed by atoms with E-state index in [9.17, 15) is 0 Å². The highest BCUT2D eigenvalue weighted by molar-refractivity contribution is 9.10. The lowest BCUT2D eigenvalue weighted by molar-refractivity contribution is -0.198. The van der Waals surface area contributed by atoms with E-state index in [1.807, 2.05) is 24.3 Å². The molecule has 1 aromatic carbocycles. The summed E-state index contributed by atoms with van der Waals surface area (Å²) in [5.41, 5.74) is 0.903. The van der Waals surface area contributed by atoms with Crippen LogP contribution in [0.1, 0.15) is 5.56 Å². The Morgan fingerprint density at radius 1 is 1.21 bits per heavy atom. The van der Waals surface area contributed by atoms with Crippen LogP contribution in [0.3, 0.4) is 0 Å². The van der Waals surface area contributed by atoms with Gasteiger partial charge in [-0.3, -0.25) is 0 Å². The third-order valence-corrected chi connectivity index (χ3v) is 3.00. The highest BCUT2D eigenvalue weighted by Crippen LogP contribution is 2.28. The van der Waals surface area contributed by atoms with Gasteiger partial charge in [0.1, 0.15) is 0 Å². The lowest BCUT2D eigenvalue weighted by atomic mass is 10.1. The average Bonchev–Trinajstić information content (AvgIpc) is 2.24. The molecule has 0 fully saturated rings. The summed E-state index contributed by atoms with van der Waals surface area (Å²) in [6.07, 6.45) is 0. The number of hydrogen-bond donors (Lipinski definition) is 0. The maximum absolute atomic E-state index is 5.84. The molecule has 0 aromatic heterocycles. The molecule has 0 saturated carbocycles. The van der Waals surface area contributed by atoms with Crippen LogP contribution < -0.4 is 0 Å². The fraction of sp³-hybridized carbons (Fsp3) is 0.400. The molecule has 1 aromatic rings. The van der Waals surface area contributed by atoms with E-state index in [0.29, 0.717) is 0 Å². The Bertz CT molecular complexity index is 274. The second-order valence-corrected chi connectivity index (χ2v) is 3.98. The number of rotatable bonds is 4. The van der Waals surface area contributed by atoms with E-state index in [1.54, 1.807) is 14.2 Å². The molecule has 0 heterocycles. The monoisotopic (exact) mass is 278 g/mol. The zero-order valence-corrected chi connectivity index (χ0v) is 10.4. The molecule has 0 N–H and O–H groups in total. The lowest BCUT2D eigenvalue weighted by Gasteiger charge is -2.28. The summed E-state index contributed by atoms with van der Waals surface area (Å²) in [4.78, 5) is 0. The molecule has 14 heavy (non-hydrogen) atoms. The van der Waals surface area contributed by atoms with E-state index in [0.717, 1.165) is 10.0 Å². The molecule has 0 unspecified atom stereocenters. The Hall–Kier alpha value is -0.0900. The molecule has 1 rings (SSSR count). The molecule has 4 heteroatoms. The summed E-state index contributed by atoms with van der Waals surface area (Å²) in [6, 6.07) is 7.68. The molecule has 0 atom stereocenters. The summed E-state index contributed by atoms with van der Waals surface area (Å²) >= 11 is 9.20. The van der Waals surface area contributed by atoms with Crippen molar-refractivity contribution in [2.24, 2.45) is 0 Å². The molecule has 0 spiro atoms. The van der Waals surface area contributed by atoms with Crippen molar-refractivity contribution in [3.8, 4) is 0 Å². The second kappa shape index (κ2) is 5.12. The van der Waals surface area contributed by atoms with Crippen molar-refractivity contribution in [3.05, 3.63) is 34.3 Å². The van der Waals surface area contributed by atoms with Crippen LogP contribution in [-0.4, -0.2) is 20.1 Å². The highest BCUT2D eigenvalue weighted by atomic mass is 79.9. The number of alkyl halides is 1. The first-order valence-electron chi connectivity index (χ1n) is 4.11. The van der Waals surface area contributed by atoms with Gasteiger partial charge < -0.3 is 9.47 Å². The van der Waals surface area contributed by atoms with Crippen LogP contribution in [0, 0.1) is 0 Å².